The minimum atomic E-state index is -3.81. The number of ether oxygens (including phenoxy) is 2. The first-order valence-corrected chi connectivity index (χ1v) is 10.1. The lowest BCUT2D eigenvalue weighted by Crippen LogP contribution is -2.31. The van der Waals surface area contributed by atoms with Crippen LogP contribution in [-0.2, 0) is 29.8 Å². The first kappa shape index (κ1) is 20.6. The van der Waals surface area contributed by atoms with E-state index in [0.29, 0.717) is 11.3 Å². The van der Waals surface area contributed by atoms with Gasteiger partial charge in [-0.25, -0.2) is 13.9 Å². The maximum Gasteiger partial charge on any atom is 0.317 e. The molecule has 0 saturated heterocycles. The molecule has 1 aliphatic rings. The van der Waals surface area contributed by atoms with E-state index in [2.05, 4.69) is 4.72 Å². The van der Waals surface area contributed by atoms with Gasteiger partial charge < -0.3 is 9.47 Å². The molecule has 2 atom stereocenters. The van der Waals surface area contributed by atoms with Crippen molar-refractivity contribution in [3.05, 3.63) is 54.1 Å². The summed E-state index contributed by atoms with van der Waals surface area (Å²) in [5.41, 5.74) is 1.13. The standard InChI is InChI=1S/C19H20N2O7S/c1-27-14-7-9-15(10-8-14)29(25,26)21-13-5-3-12(4-6-13)19(18(23)28-2)11-16(19)17(22)20-24/h3-10,16,21,24H,11H2,1-2H3,(H,20,22)/t16-,19-/m0/s1. The molecular weight excluding hydrogens is 400 g/mol. The number of carbonyl (C=O) groups excluding carboxylic acids is 2. The van der Waals surface area contributed by atoms with Crippen molar-refractivity contribution in [1.29, 1.82) is 0 Å². The van der Waals surface area contributed by atoms with Crippen molar-refractivity contribution in [3.8, 4) is 5.75 Å². The quantitative estimate of drug-likeness (QED) is 0.351. The minimum absolute atomic E-state index is 0.0651. The monoisotopic (exact) mass is 420 g/mol. The van der Waals surface area contributed by atoms with E-state index in [9.17, 15) is 18.0 Å². The van der Waals surface area contributed by atoms with E-state index >= 15 is 0 Å². The van der Waals surface area contributed by atoms with Gasteiger partial charge in [-0.05, 0) is 48.4 Å². The number of benzene rings is 2. The molecule has 0 aromatic heterocycles. The maximum atomic E-state index is 12.5. The molecule has 0 spiro atoms. The zero-order chi connectivity index (χ0) is 21.2. The molecule has 0 radical (unpaired) electrons. The van der Waals surface area contributed by atoms with Crippen molar-refractivity contribution in [2.45, 2.75) is 16.7 Å². The van der Waals surface area contributed by atoms with E-state index in [1.807, 2.05) is 0 Å². The molecule has 3 rings (SSSR count). The molecular formula is C19H20N2O7S. The Hall–Kier alpha value is -3.11. The van der Waals surface area contributed by atoms with Gasteiger partial charge in [0.1, 0.15) is 11.2 Å². The lowest BCUT2D eigenvalue weighted by atomic mass is 9.93. The van der Waals surface area contributed by atoms with Crippen molar-refractivity contribution in [1.82, 2.24) is 5.48 Å². The summed E-state index contributed by atoms with van der Waals surface area (Å²) in [6.45, 7) is 0. The Morgan fingerprint density at radius 2 is 1.69 bits per heavy atom. The summed E-state index contributed by atoms with van der Waals surface area (Å²) in [6.07, 6.45) is 0.184. The Labute approximate surface area is 167 Å². The van der Waals surface area contributed by atoms with Crippen LogP contribution < -0.4 is 14.9 Å². The topological polar surface area (TPSA) is 131 Å². The maximum absolute atomic E-state index is 12.5. The normalized spacial score (nSPS) is 20.4. The summed E-state index contributed by atoms with van der Waals surface area (Å²) in [5.74, 6) is -1.51. The zero-order valence-electron chi connectivity index (χ0n) is 15.7. The Balaban J connectivity index is 1.82. The summed E-state index contributed by atoms with van der Waals surface area (Å²) >= 11 is 0. The lowest BCUT2D eigenvalue weighted by molar-refractivity contribution is -0.146. The average molecular weight is 420 g/mol. The second-order valence-electron chi connectivity index (χ2n) is 6.55. The van der Waals surface area contributed by atoms with Crippen LogP contribution in [0.15, 0.2) is 53.4 Å². The van der Waals surface area contributed by atoms with Crippen molar-refractivity contribution >= 4 is 27.6 Å². The van der Waals surface area contributed by atoms with Gasteiger partial charge in [-0.2, -0.15) is 0 Å². The fourth-order valence-corrected chi connectivity index (χ4v) is 4.37. The lowest BCUT2D eigenvalue weighted by Gasteiger charge is -2.16. The third-order valence-corrected chi connectivity index (χ3v) is 6.36. The van der Waals surface area contributed by atoms with Crippen LogP contribution in [0.4, 0.5) is 5.69 Å². The number of hydroxylamine groups is 1. The molecule has 154 valence electrons. The zero-order valence-corrected chi connectivity index (χ0v) is 16.5. The molecule has 0 unspecified atom stereocenters. The number of hydrogen-bond donors (Lipinski definition) is 3. The third-order valence-electron chi connectivity index (χ3n) is 4.96. The van der Waals surface area contributed by atoms with Crippen LogP contribution in [-0.4, -0.2) is 39.7 Å². The molecule has 1 amide bonds. The van der Waals surface area contributed by atoms with Gasteiger partial charge in [-0.1, -0.05) is 12.1 Å². The molecule has 3 N–H and O–H groups in total. The molecule has 2 aromatic carbocycles. The molecule has 29 heavy (non-hydrogen) atoms. The largest absolute Gasteiger partial charge is 0.497 e. The summed E-state index contributed by atoms with van der Waals surface area (Å²) in [6, 6.07) is 12.0. The number of sulfonamides is 1. The molecule has 1 fully saturated rings. The average Bonchev–Trinajstić information content (AvgIpc) is 3.50. The number of methoxy groups -OCH3 is 2. The van der Waals surface area contributed by atoms with Crippen molar-refractivity contribution in [2.24, 2.45) is 5.92 Å². The molecule has 1 saturated carbocycles. The van der Waals surface area contributed by atoms with Gasteiger partial charge >= 0.3 is 5.97 Å². The Morgan fingerprint density at radius 3 is 2.21 bits per heavy atom. The van der Waals surface area contributed by atoms with Crippen LogP contribution in [0.1, 0.15) is 12.0 Å². The number of anilines is 1. The van der Waals surface area contributed by atoms with E-state index in [1.165, 1.54) is 50.6 Å². The van der Waals surface area contributed by atoms with Gasteiger partial charge in [0.2, 0.25) is 5.91 Å². The first-order chi connectivity index (χ1) is 13.8. The Kier molecular flexibility index (Phi) is 5.49. The first-order valence-electron chi connectivity index (χ1n) is 8.58. The fourth-order valence-electron chi connectivity index (χ4n) is 3.31. The number of nitrogens with one attached hydrogen (secondary N) is 2. The highest BCUT2D eigenvalue weighted by Gasteiger charge is 2.65. The SMILES string of the molecule is COC(=O)[C@]1(c2ccc(NS(=O)(=O)c3ccc(OC)cc3)cc2)C[C@H]1C(=O)NO. The highest BCUT2D eigenvalue weighted by atomic mass is 32.2. The predicted octanol–water partition coefficient (Wildman–Crippen LogP) is 1.43. The molecule has 1 aliphatic carbocycles. The summed E-state index contributed by atoms with van der Waals surface area (Å²) in [4.78, 5) is 24.1. The molecule has 0 heterocycles. The number of carbonyl (C=O) groups is 2. The van der Waals surface area contributed by atoms with E-state index in [0.717, 1.165) is 0 Å². The summed E-state index contributed by atoms with van der Waals surface area (Å²) < 4.78 is 37.3. The number of amides is 1. The van der Waals surface area contributed by atoms with E-state index in [1.54, 1.807) is 17.6 Å². The van der Waals surface area contributed by atoms with E-state index < -0.39 is 33.2 Å². The van der Waals surface area contributed by atoms with Crippen LogP contribution in [0.3, 0.4) is 0 Å². The smallest absolute Gasteiger partial charge is 0.317 e. The predicted molar refractivity (Wildman–Crippen MR) is 102 cm³/mol. The molecule has 9 nitrogen and oxygen atoms in total. The van der Waals surface area contributed by atoms with Crippen LogP contribution in [0.2, 0.25) is 0 Å². The second kappa shape index (κ2) is 7.72. The second-order valence-corrected chi connectivity index (χ2v) is 8.24. The van der Waals surface area contributed by atoms with Gasteiger partial charge in [-0.3, -0.25) is 19.5 Å². The Morgan fingerprint density at radius 1 is 1.07 bits per heavy atom. The highest BCUT2D eigenvalue weighted by molar-refractivity contribution is 7.92. The van der Waals surface area contributed by atoms with Crippen molar-refractivity contribution < 1.29 is 32.7 Å². The van der Waals surface area contributed by atoms with Crippen molar-refractivity contribution in [3.63, 3.8) is 0 Å². The third kappa shape index (κ3) is 3.76. The number of hydrogen-bond acceptors (Lipinski definition) is 7. The van der Waals surface area contributed by atoms with Gasteiger partial charge in [-0.15, -0.1) is 0 Å². The summed E-state index contributed by atoms with van der Waals surface area (Å²) in [7, 11) is -1.11. The molecule has 10 heteroatoms. The molecule has 0 bridgehead atoms. The fraction of sp³-hybridized carbons (Fsp3) is 0.263. The van der Waals surface area contributed by atoms with Gasteiger partial charge in [0.15, 0.2) is 0 Å². The van der Waals surface area contributed by atoms with Crippen LogP contribution in [0, 0.1) is 5.92 Å². The van der Waals surface area contributed by atoms with Gasteiger partial charge in [0.05, 0.1) is 25.0 Å². The van der Waals surface area contributed by atoms with E-state index in [-0.39, 0.29) is 17.0 Å². The summed E-state index contributed by atoms with van der Waals surface area (Å²) in [5, 5.41) is 8.86. The van der Waals surface area contributed by atoms with E-state index in [4.69, 9.17) is 14.7 Å². The van der Waals surface area contributed by atoms with Gasteiger partial charge in [0, 0.05) is 5.69 Å². The Bertz CT molecular complexity index is 1020. The molecule has 0 aliphatic heterocycles. The van der Waals surface area contributed by atoms with Crippen molar-refractivity contribution in [2.75, 3.05) is 18.9 Å². The highest BCUT2D eigenvalue weighted by Crippen LogP contribution is 2.55. The van der Waals surface area contributed by atoms with Crippen LogP contribution in [0.5, 0.6) is 5.75 Å². The van der Waals surface area contributed by atoms with Gasteiger partial charge in [0.25, 0.3) is 10.0 Å². The number of esters is 1. The molecule has 2 aromatic rings. The van der Waals surface area contributed by atoms with Crippen LogP contribution in [0.25, 0.3) is 0 Å². The minimum Gasteiger partial charge on any atom is -0.497 e. The number of rotatable bonds is 7. The van der Waals surface area contributed by atoms with Crippen LogP contribution >= 0.6 is 0 Å².